The number of nitrogens with two attached hydrogens (primary N) is 1. The van der Waals surface area contributed by atoms with Crippen molar-refractivity contribution in [3.8, 4) is 5.75 Å². The van der Waals surface area contributed by atoms with Crippen molar-refractivity contribution in [1.82, 2.24) is 10.3 Å². The fourth-order valence-corrected chi connectivity index (χ4v) is 2.17. The third kappa shape index (κ3) is 3.93. The van der Waals surface area contributed by atoms with Gasteiger partial charge in [0.1, 0.15) is 12.4 Å². The molecule has 1 saturated heterocycles. The van der Waals surface area contributed by atoms with Gasteiger partial charge in [0.25, 0.3) is 5.91 Å². The summed E-state index contributed by atoms with van der Waals surface area (Å²) in [6, 6.07) is 7.45. The molecule has 1 aliphatic heterocycles. The zero-order valence-corrected chi connectivity index (χ0v) is 11.7. The molecule has 0 bridgehead atoms. The molecule has 1 aromatic rings. The van der Waals surface area contributed by atoms with Crippen molar-refractivity contribution in [2.24, 2.45) is 5.84 Å². The SMILES string of the molecule is CN(CCOc1cccc(C(=O)NN)c1)C1CCOC1. The number of nitrogen functional groups attached to an aromatic ring is 1. The third-order valence-electron chi connectivity index (χ3n) is 3.47. The highest BCUT2D eigenvalue weighted by Crippen LogP contribution is 2.14. The number of ether oxygens (including phenoxy) is 2. The number of nitrogens with zero attached hydrogens (tertiary/aromatic N) is 1. The lowest BCUT2D eigenvalue weighted by Gasteiger charge is -2.22. The van der Waals surface area contributed by atoms with Crippen molar-refractivity contribution < 1.29 is 14.3 Å². The van der Waals surface area contributed by atoms with Gasteiger partial charge in [-0.25, -0.2) is 5.84 Å². The van der Waals surface area contributed by atoms with Crippen LogP contribution in [0.3, 0.4) is 0 Å². The van der Waals surface area contributed by atoms with Gasteiger partial charge in [-0.15, -0.1) is 0 Å². The minimum atomic E-state index is -0.323. The number of benzene rings is 1. The Morgan fingerprint density at radius 2 is 2.45 bits per heavy atom. The lowest BCUT2D eigenvalue weighted by molar-refractivity contribution is 0.0953. The summed E-state index contributed by atoms with van der Waals surface area (Å²) in [6.07, 6.45) is 1.07. The second kappa shape index (κ2) is 7.23. The van der Waals surface area contributed by atoms with Gasteiger partial charge in [-0.2, -0.15) is 0 Å². The highest BCUT2D eigenvalue weighted by Gasteiger charge is 2.19. The van der Waals surface area contributed by atoms with Crippen molar-refractivity contribution in [2.45, 2.75) is 12.5 Å². The number of hydrogen-bond donors (Lipinski definition) is 2. The minimum Gasteiger partial charge on any atom is -0.492 e. The van der Waals surface area contributed by atoms with E-state index in [1.807, 2.05) is 6.07 Å². The molecule has 3 N–H and O–H groups in total. The number of nitrogens with one attached hydrogen (secondary N) is 1. The van der Waals surface area contributed by atoms with Crippen LogP contribution in [0.4, 0.5) is 0 Å². The molecule has 110 valence electrons. The largest absolute Gasteiger partial charge is 0.492 e. The highest BCUT2D eigenvalue weighted by atomic mass is 16.5. The number of amides is 1. The Bertz CT molecular complexity index is 447. The van der Waals surface area contributed by atoms with E-state index >= 15 is 0 Å². The molecule has 6 nitrogen and oxygen atoms in total. The molecule has 1 aromatic carbocycles. The molecule has 1 atom stereocenters. The normalized spacial score (nSPS) is 18.2. The molecule has 20 heavy (non-hydrogen) atoms. The molecule has 1 heterocycles. The van der Waals surface area contributed by atoms with Gasteiger partial charge in [-0.1, -0.05) is 6.07 Å². The van der Waals surface area contributed by atoms with E-state index in [0.717, 1.165) is 26.2 Å². The first-order valence-electron chi connectivity index (χ1n) is 6.72. The van der Waals surface area contributed by atoms with Crippen LogP contribution in [0.1, 0.15) is 16.8 Å². The first-order chi connectivity index (χ1) is 9.70. The predicted octanol–water partition coefficient (Wildman–Crippen LogP) is 0.390. The zero-order valence-electron chi connectivity index (χ0n) is 11.7. The van der Waals surface area contributed by atoms with Crippen molar-refractivity contribution in [1.29, 1.82) is 0 Å². The Morgan fingerprint density at radius 3 is 3.15 bits per heavy atom. The Labute approximate surface area is 118 Å². The fraction of sp³-hybridized carbons (Fsp3) is 0.500. The van der Waals surface area contributed by atoms with E-state index in [2.05, 4.69) is 17.4 Å². The van der Waals surface area contributed by atoms with Gasteiger partial charge in [0, 0.05) is 24.8 Å². The molecular weight excluding hydrogens is 258 g/mol. The van der Waals surface area contributed by atoms with Crippen LogP contribution in [0.5, 0.6) is 5.75 Å². The summed E-state index contributed by atoms with van der Waals surface area (Å²) in [5.74, 6) is 5.45. The summed E-state index contributed by atoms with van der Waals surface area (Å²) >= 11 is 0. The van der Waals surface area contributed by atoms with Gasteiger partial charge in [0.15, 0.2) is 0 Å². The summed E-state index contributed by atoms with van der Waals surface area (Å²) in [6.45, 7) is 3.02. The van der Waals surface area contributed by atoms with Crippen LogP contribution in [-0.4, -0.2) is 50.3 Å². The fourth-order valence-electron chi connectivity index (χ4n) is 2.17. The molecule has 1 amide bonds. The van der Waals surface area contributed by atoms with Crippen LogP contribution in [0.25, 0.3) is 0 Å². The minimum absolute atomic E-state index is 0.323. The maximum Gasteiger partial charge on any atom is 0.265 e. The molecular formula is C14H21N3O3. The van der Waals surface area contributed by atoms with E-state index in [-0.39, 0.29) is 5.91 Å². The number of carbonyl (C=O) groups excluding carboxylic acids is 1. The topological polar surface area (TPSA) is 76.8 Å². The second-order valence-electron chi connectivity index (χ2n) is 4.85. The van der Waals surface area contributed by atoms with E-state index in [1.165, 1.54) is 0 Å². The van der Waals surface area contributed by atoms with E-state index in [0.29, 0.717) is 24.0 Å². The zero-order chi connectivity index (χ0) is 14.4. The van der Waals surface area contributed by atoms with E-state index in [9.17, 15) is 4.79 Å². The van der Waals surface area contributed by atoms with Crippen LogP contribution in [0.2, 0.25) is 0 Å². The van der Waals surface area contributed by atoms with Crippen molar-refractivity contribution in [3.05, 3.63) is 29.8 Å². The molecule has 2 rings (SSSR count). The van der Waals surface area contributed by atoms with E-state index in [4.69, 9.17) is 15.3 Å². The number of hydrogen-bond acceptors (Lipinski definition) is 5. The van der Waals surface area contributed by atoms with Gasteiger partial charge in [0.2, 0.25) is 0 Å². The number of rotatable bonds is 6. The average Bonchev–Trinajstić information content (AvgIpc) is 3.01. The first kappa shape index (κ1) is 14.8. The monoisotopic (exact) mass is 279 g/mol. The van der Waals surface area contributed by atoms with Crippen LogP contribution in [0.15, 0.2) is 24.3 Å². The standard InChI is InChI=1S/C14H21N3O3/c1-17(12-5-7-19-10-12)6-8-20-13-4-2-3-11(9-13)14(18)16-15/h2-4,9,12H,5-8,10,15H2,1H3,(H,16,18). The Balaban J connectivity index is 1.80. The molecule has 0 aromatic heterocycles. The molecule has 0 saturated carbocycles. The van der Waals surface area contributed by atoms with Crippen molar-refractivity contribution in [3.63, 3.8) is 0 Å². The van der Waals surface area contributed by atoms with E-state index in [1.54, 1.807) is 18.2 Å². The van der Waals surface area contributed by atoms with E-state index < -0.39 is 0 Å². The number of hydrazine groups is 1. The summed E-state index contributed by atoms with van der Waals surface area (Å²) in [4.78, 5) is 13.6. The quantitative estimate of drug-likeness (QED) is 0.447. The van der Waals surface area contributed by atoms with Crippen LogP contribution in [-0.2, 0) is 4.74 Å². The maximum absolute atomic E-state index is 11.4. The molecule has 1 unspecified atom stereocenters. The third-order valence-corrected chi connectivity index (χ3v) is 3.47. The molecule has 6 heteroatoms. The number of carbonyl (C=O) groups is 1. The van der Waals surface area contributed by atoms with Crippen LogP contribution < -0.4 is 16.0 Å². The summed E-state index contributed by atoms with van der Waals surface area (Å²) in [5.41, 5.74) is 2.59. The lowest BCUT2D eigenvalue weighted by atomic mass is 10.2. The molecule has 1 fully saturated rings. The van der Waals surface area contributed by atoms with Crippen molar-refractivity contribution in [2.75, 3.05) is 33.4 Å². The summed E-state index contributed by atoms with van der Waals surface area (Å²) in [5, 5.41) is 0. The Hall–Kier alpha value is -1.63. The van der Waals surface area contributed by atoms with Gasteiger partial charge in [-0.05, 0) is 31.7 Å². The van der Waals surface area contributed by atoms with Gasteiger partial charge >= 0.3 is 0 Å². The van der Waals surface area contributed by atoms with Crippen LogP contribution >= 0.6 is 0 Å². The van der Waals surface area contributed by atoms with Crippen LogP contribution in [0, 0.1) is 0 Å². The molecule has 0 aliphatic carbocycles. The van der Waals surface area contributed by atoms with Crippen molar-refractivity contribution >= 4 is 5.91 Å². The predicted molar refractivity (Wildman–Crippen MR) is 75.4 cm³/mol. The first-order valence-corrected chi connectivity index (χ1v) is 6.72. The molecule has 0 spiro atoms. The average molecular weight is 279 g/mol. The molecule has 1 aliphatic rings. The van der Waals surface area contributed by atoms with Gasteiger partial charge in [-0.3, -0.25) is 15.1 Å². The summed E-state index contributed by atoms with van der Waals surface area (Å²) < 4.78 is 11.0. The van der Waals surface area contributed by atoms with Gasteiger partial charge < -0.3 is 9.47 Å². The summed E-state index contributed by atoms with van der Waals surface area (Å²) in [7, 11) is 2.07. The Kier molecular flexibility index (Phi) is 5.34. The van der Waals surface area contributed by atoms with Gasteiger partial charge in [0.05, 0.1) is 6.61 Å². The lowest BCUT2D eigenvalue weighted by Crippen LogP contribution is -2.35. The second-order valence-corrected chi connectivity index (χ2v) is 4.85. The Morgan fingerprint density at radius 1 is 1.60 bits per heavy atom. The maximum atomic E-state index is 11.4. The number of likely N-dealkylation sites (N-methyl/N-ethyl adjacent to an activating group) is 1. The smallest absolute Gasteiger partial charge is 0.265 e. The highest BCUT2D eigenvalue weighted by molar-refractivity contribution is 5.94. The molecule has 0 radical (unpaired) electrons.